The minimum atomic E-state index is 0.484. The maximum absolute atomic E-state index is 4.54. The van der Waals surface area contributed by atoms with Crippen LogP contribution in [0, 0.1) is 13.8 Å². The Morgan fingerprint density at radius 3 is 2.04 bits per heavy atom. The molecule has 0 saturated carbocycles. The van der Waals surface area contributed by atoms with Crippen LogP contribution < -0.4 is 4.57 Å². The van der Waals surface area contributed by atoms with Crippen molar-refractivity contribution in [2.75, 3.05) is 0 Å². The van der Waals surface area contributed by atoms with Crippen LogP contribution in [0.25, 0.3) is 22.4 Å². The standard InChI is InChI=1S/C25H31N2/c1-16(2)21-9-8-10-22(17(3)4)25(21)20-12-14-27(7)23(15-20)24-18(5)11-13-26-19(24)6/h8-17H,1-7H3/q+1. The zero-order chi connectivity index (χ0) is 19.7. The summed E-state index contributed by atoms with van der Waals surface area (Å²) < 4.78 is 2.20. The van der Waals surface area contributed by atoms with Crippen molar-refractivity contribution >= 4 is 0 Å². The summed E-state index contributed by atoms with van der Waals surface area (Å²) in [6, 6.07) is 13.4. The number of hydrogen-bond donors (Lipinski definition) is 0. The number of aryl methyl sites for hydroxylation is 3. The highest BCUT2D eigenvalue weighted by Crippen LogP contribution is 2.37. The average molecular weight is 360 g/mol. The predicted molar refractivity (Wildman–Crippen MR) is 114 cm³/mol. The van der Waals surface area contributed by atoms with Gasteiger partial charge in [0.15, 0.2) is 6.20 Å². The lowest BCUT2D eigenvalue weighted by Crippen LogP contribution is -2.31. The summed E-state index contributed by atoms with van der Waals surface area (Å²) in [5, 5.41) is 0. The van der Waals surface area contributed by atoms with Gasteiger partial charge in [-0.15, -0.1) is 0 Å². The topological polar surface area (TPSA) is 16.8 Å². The van der Waals surface area contributed by atoms with E-state index >= 15 is 0 Å². The van der Waals surface area contributed by atoms with Gasteiger partial charge in [0, 0.05) is 18.3 Å². The second kappa shape index (κ2) is 7.64. The fourth-order valence-electron chi connectivity index (χ4n) is 3.94. The highest BCUT2D eigenvalue weighted by Gasteiger charge is 2.21. The number of benzene rings is 1. The van der Waals surface area contributed by atoms with Gasteiger partial charge >= 0.3 is 0 Å². The van der Waals surface area contributed by atoms with E-state index in [4.69, 9.17) is 0 Å². The van der Waals surface area contributed by atoms with Gasteiger partial charge in [0.1, 0.15) is 7.05 Å². The van der Waals surface area contributed by atoms with Gasteiger partial charge in [0.2, 0.25) is 5.69 Å². The Kier molecular flexibility index (Phi) is 5.46. The molecular weight excluding hydrogens is 328 g/mol. The van der Waals surface area contributed by atoms with Crippen LogP contribution in [0.5, 0.6) is 0 Å². The largest absolute Gasteiger partial charge is 0.261 e. The Hall–Kier alpha value is -2.48. The minimum Gasteiger partial charge on any atom is -0.261 e. The summed E-state index contributed by atoms with van der Waals surface area (Å²) in [4.78, 5) is 4.54. The summed E-state index contributed by atoms with van der Waals surface area (Å²) in [5.41, 5.74) is 10.3. The molecule has 0 bridgehead atoms. The fourth-order valence-corrected chi connectivity index (χ4v) is 3.94. The third kappa shape index (κ3) is 3.66. The van der Waals surface area contributed by atoms with Crippen molar-refractivity contribution in [3.05, 3.63) is 71.2 Å². The molecule has 1 aromatic carbocycles. The second-order valence-electron chi connectivity index (χ2n) is 8.12. The third-order valence-electron chi connectivity index (χ3n) is 5.42. The van der Waals surface area contributed by atoms with E-state index in [9.17, 15) is 0 Å². The molecule has 0 radical (unpaired) electrons. The Balaban J connectivity index is 2.30. The number of nitrogens with zero attached hydrogens (tertiary/aromatic N) is 2. The molecule has 0 atom stereocenters. The van der Waals surface area contributed by atoms with Crippen LogP contribution in [-0.2, 0) is 7.05 Å². The number of hydrogen-bond acceptors (Lipinski definition) is 1. The quantitative estimate of drug-likeness (QED) is 0.514. The zero-order valence-corrected chi connectivity index (χ0v) is 17.7. The van der Waals surface area contributed by atoms with Crippen LogP contribution in [-0.4, -0.2) is 4.98 Å². The molecule has 3 aromatic rings. The molecule has 0 unspecified atom stereocenters. The average Bonchev–Trinajstić information content (AvgIpc) is 2.62. The van der Waals surface area contributed by atoms with Crippen LogP contribution >= 0.6 is 0 Å². The van der Waals surface area contributed by atoms with Crippen molar-refractivity contribution in [3.63, 3.8) is 0 Å². The zero-order valence-electron chi connectivity index (χ0n) is 17.7. The lowest BCUT2D eigenvalue weighted by molar-refractivity contribution is -0.660. The van der Waals surface area contributed by atoms with Gasteiger partial charge in [-0.3, -0.25) is 4.98 Å². The predicted octanol–water partition coefficient (Wildman–Crippen LogP) is 6.10. The van der Waals surface area contributed by atoms with Gasteiger partial charge in [0.05, 0.1) is 11.3 Å². The number of rotatable bonds is 4. The summed E-state index contributed by atoms with van der Waals surface area (Å²) in [6.07, 6.45) is 4.07. The van der Waals surface area contributed by atoms with Gasteiger partial charge in [-0.25, -0.2) is 4.57 Å². The van der Waals surface area contributed by atoms with Gasteiger partial charge in [-0.1, -0.05) is 45.9 Å². The van der Waals surface area contributed by atoms with E-state index in [-0.39, 0.29) is 0 Å². The fraction of sp³-hybridized carbons (Fsp3) is 0.360. The van der Waals surface area contributed by atoms with E-state index in [0.29, 0.717) is 11.8 Å². The molecule has 2 nitrogen and oxygen atoms in total. The van der Waals surface area contributed by atoms with Crippen LogP contribution in [0.1, 0.15) is 61.9 Å². The summed E-state index contributed by atoms with van der Waals surface area (Å²) in [7, 11) is 2.11. The molecule has 0 N–H and O–H groups in total. The van der Waals surface area contributed by atoms with Gasteiger partial charge < -0.3 is 0 Å². The normalized spacial score (nSPS) is 11.4. The Labute approximate surface area is 163 Å². The Bertz CT molecular complexity index is 922. The lowest BCUT2D eigenvalue weighted by Gasteiger charge is -2.20. The van der Waals surface area contributed by atoms with E-state index in [2.05, 4.69) is 101 Å². The molecule has 0 aliphatic rings. The maximum atomic E-state index is 4.54. The van der Waals surface area contributed by atoms with Crippen molar-refractivity contribution in [2.45, 2.75) is 53.4 Å². The molecule has 0 spiro atoms. The monoisotopic (exact) mass is 359 g/mol. The molecule has 2 aromatic heterocycles. The van der Waals surface area contributed by atoms with E-state index in [1.54, 1.807) is 0 Å². The maximum Gasteiger partial charge on any atom is 0.214 e. The second-order valence-corrected chi connectivity index (χ2v) is 8.12. The summed E-state index contributed by atoms with van der Waals surface area (Å²) in [6.45, 7) is 13.4. The van der Waals surface area contributed by atoms with Crippen LogP contribution in [0.3, 0.4) is 0 Å². The van der Waals surface area contributed by atoms with Crippen LogP contribution in [0.2, 0.25) is 0 Å². The van der Waals surface area contributed by atoms with E-state index < -0.39 is 0 Å². The molecule has 27 heavy (non-hydrogen) atoms. The molecule has 0 fully saturated rings. The SMILES string of the molecule is Cc1ccnc(C)c1-c1cc(-c2c(C(C)C)cccc2C(C)C)cc[n+]1C. The molecular formula is C25H31N2+. The van der Waals surface area contributed by atoms with Crippen LogP contribution in [0.4, 0.5) is 0 Å². The molecule has 0 saturated heterocycles. The highest BCUT2D eigenvalue weighted by atomic mass is 14.9. The van der Waals surface area contributed by atoms with Gasteiger partial charge in [-0.05, 0) is 59.6 Å². The minimum absolute atomic E-state index is 0.484. The highest BCUT2D eigenvalue weighted by molar-refractivity contribution is 5.76. The Morgan fingerprint density at radius 1 is 0.852 bits per heavy atom. The first-order valence-electron chi connectivity index (χ1n) is 9.86. The first kappa shape index (κ1) is 19.3. The van der Waals surface area contributed by atoms with Crippen molar-refractivity contribution in [1.29, 1.82) is 0 Å². The first-order valence-corrected chi connectivity index (χ1v) is 9.86. The molecule has 140 valence electrons. The Morgan fingerprint density at radius 2 is 1.48 bits per heavy atom. The van der Waals surface area contributed by atoms with Crippen LogP contribution in [0.15, 0.2) is 48.8 Å². The third-order valence-corrected chi connectivity index (χ3v) is 5.42. The molecule has 2 heteroatoms. The van der Waals surface area contributed by atoms with Crippen molar-refractivity contribution in [3.8, 4) is 22.4 Å². The van der Waals surface area contributed by atoms with Gasteiger partial charge in [-0.2, -0.15) is 0 Å². The molecule has 3 rings (SSSR count). The smallest absolute Gasteiger partial charge is 0.214 e. The van der Waals surface area contributed by atoms with E-state index in [1.807, 2.05) is 6.20 Å². The first-order chi connectivity index (χ1) is 12.8. The molecule has 0 aliphatic carbocycles. The lowest BCUT2D eigenvalue weighted by atomic mass is 9.85. The summed E-state index contributed by atoms with van der Waals surface area (Å²) >= 11 is 0. The van der Waals surface area contributed by atoms with Gasteiger partial charge in [0.25, 0.3) is 0 Å². The summed E-state index contributed by atoms with van der Waals surface area (Å²) in [5.74, 6) is 0.968. The van der Waals surface area contributed by atoms with Crippen molar-refractivity contribution < 1.29 is 4.57 Å². The molecule has 2 heterocycles. The molecule has 0 amide bonds. The van der Waals surface area contributed by atoms with E-state index in [0.717, 1.165) is 5.69 Å². The molecule has 0 aliphatic heterocycles. The van der Waals surface area contributed by atoms with E-state index in [1.165, 1.54) is 39.1 Å². The van der Waals surface area contributed by atoms with Crippen molar-refractivity contribution in [2.24, 2.45) is 7.05 Å². The number of aromatic nitrogens is 2. The van der Waals surface area contributed by atoms with Crippen molar-refractivity contribution in [1.82, 2.24) is 4.98 Å². The number of pyridine rings is 2.